The first-order valence-corrected chi connectivity index (χ1v) is 9.32. The predicted molar refractivity (Wildman–Crippen MR) is 83.2 cm³/mol. The van der Waals surface area contributed by atoms with E-state index >= 15 is 0 Å². The van der Waals surface area contributed by atoms with Gasteiger partial charge >= 0.3 is 0 Å². The summed E-state index contributed by atoms with van der Waals surface area (Å²) in [5, 5.41) is 3.30. The van der Waals surface area contributed by atoms with Crippen molar-refractivity contribution in [2.45, 2.75) is 37.6 Å². The average molecular weight is 332 g/mol. The van der Waals surface area contributed by atoms with Crippen LogP contribution in [-0.4, -0.2) is 48.5 Å². The Morgan fingerprint density at radius 2 is 2.10 bits per heavy atom. The van der Waals surface area contributed by atoms with Crippen molar-refractivity contribution >= 4 is 38.1 Å². The second-order valence-electron chi connectivity index (χ2n) is 5.03. The normalized spacial score (nSPS) is 17.0. The molecule has 1 aliphatic rings. The van der Waals surface area contributed by atoms with Crippen molar-refractivity contribution in [2.75, 3.05) is 29.9 Å². The van der Waals surface area contributed by atoms with Gasteiger partial charge in [-0.3, -0.25) is 4.79 Å². The topological polar surface area (TPSA) is 105 Å². The van der Waals surface area contributed by atoms with Gasteiger partial charge in [-0.15, -0.1) is 0 Å². The molecule has 21 heavy (non-hydrogen) atoms. The third-order valence-corrected chi connectivity index (χ3v) is 6.22. The van der Waals surface area contributed by atoms with Crippen molar-refractivity contribution in [2.24, 2.45) is 0 Å². The highest BCUT2D eigenvalue weighted by Gasteiger charge is 2.28. The Bertz CT molecular complexity index is 620. The van der Waals surface area contributed by atoms with Gasteiger partial charge in [-0.1, -0.05) is 6.92 Å². The summed E-state index contributed by atoms with van der Waals surface area (Å²) < 4.78 is 28.0. The SMILES string of the molecule is CCS(=O)(=O)c1c(N)nsc1NC(C)C(=O)N1CCCC1. The van der Waals surface area contributed by atoms with E-state index in [1.807, 2.05) is 0 Å². The minimum Gasteiger partial charge on any atom is -0.382 e. The Kier molecular flexibility index (Phi) is 4.72. The smallest absolute Gasteiger partial charge is 0.244 e. The first-order chi connectivity index (χ1) is 9.86. The third-order valence-electron chi connectivity index (χ3n) is 3.50. The van der Waals surface area contributed by atoms with Crippen molar-refractivity contribution in [1.82, 2.24) is 9.27 Å². The summed E-state index contributed by atoms with van der Waals surface area (Å²) in [6.07, 6.45) is 2.03. The van der Waals surface area contributed by atoms with Gasteiger partial charge in [0.2, 0.25) is 5.91 Å². The number of anilines is 2. The van der Waals surface area contributed by atoms with Crippen LogP contribution in [0.15, 0.2) is 4.90 Å². The Hall–Kier alpha value is -1.35. The lowest BCUT2D eigenvalue weighted by atomic mass is 10.3. The first kappa shape index (κ1) is 16.0. The van der Waals surface area contributed by atoms with E-state index in [1.165, 1.54) is 0 Å². The fourth-order valence-electron chi connectivity index (χ4n) is 2.30. The fourth-order valence-corrected chi connectivity index (χ4v) is 4.54. The number of likely N-dealkylation sites (tertiary alicyclic amines) is 1. The van der Waals surface area contributed by atoms with Crippen LogP contribution in [0.4, 0.5) is 10.8 Å². The van der Waals surface area contributed by atoms with Crippen LogP contribution in [0.3, 0.4) is 0 Å². The van der Waals surface area contributed by atoms with Gasteiger partial charge in [-0.05, 0) is 31.3 Å². The van der Waals surface area contributed by atoms with Crippen molar-refractivity contribution in [3.05, 3.63) is 0 Å². The molecular formula is C12H20N4O3S2. The first-order valence-electron chi connectivity index (χ1n) is 6.90. The maximum atomic E-state index is 12.3. The average Bonchev–Trinajstić information content (AvgIpc) is 3.08. The van der Waals surface area contributed by atoms with Gasteiger partial charge in [0.25, 0.3) is 0 Å². The van der Waals surface area contributed by atoms with Gasteiger partial charge in [0.1, 0.15) is 15.9 Å². The van der Waals surface area contributed by atoms with E-state index in [-0.39, 0.29) is 22.4 Å². The summed E-state index contributed by atoms with van der Waals surface area (Å²) in [6, 6.07) is -0.506. The molecule has 0 aliphatic carbocycles. The second-order valence-corrected chi connectivity index (χ2v) is 8.02. The highest BCUT2D eigenvalue weighted by atomic mass is 32.2. The van der Waals surface area contributed by atoms with E-state index in [4.69, 9.17) is 5.73 Å². The molecule has 1 aliphatic heterocycles. The highest BCUT2D eigenvalue weighted by molar-refractivity contribution is 7.91. The molecule has 1 atom stereocenters. The molecule has 7 nitrogen and oxygen atoms in total. The number of nitrogens with zero attached hydrogens (tertiary/aromatic N) is 2. The van der Waals surface area contributed by atoms with Crippen molar-refractivity contribution in [3.63, 3.8) is 0 Å². The van der Waals surface area contributed by atoms with Crippen molar-refractivity contribution < 1.29 is 13.2 Å². The quantitative estimate of drug-likeness (QED) is 0.831. The molecule has 3 N–H and O–H groups in total. The van der Waals surface area contributed by atoms with Crippen LogP contribution in [0.25, 0.3) is 0 Å². The summed E-state index contributed by atoms with van der Waals surface area (Å²) >= 11 is 0.971. The number of hydrogen-bond acceptors (Lipinski definition) is 7. The van der Waals surface area contributed by atoms with Crippen molar-refractivity contribution in [1.29, 1.82) is 0 Å². The zero-order chi connectivity index (χ0) is 15.6. The number of aromatic nitrogens is 1. The summed E-state index contributed by atoms with van der Waals surface area (Å²) in [5.74, 6) is -0.0943. The summed E-state index contributed by atoms with van der Waals surface area (Å²) in [4.78, 5) is 14.1. The van der Waals surface area contributed by atoms with Gasteiger partial charge in [-0.25, -0.2) is 8.42 Å². The molecular weight excluding hydrogens is 312 g/mol. The zero-order valence-corrected chi connectivity index (χ0v) is 13.8. The molecule has 2 heterocycles. The molecule has 1 amide bonds. The molecule has 1 fully saturated rings. The Labute approximate surface area is 128 Å². The predicted octanol–water partition coefficient (Wildman–Crippen LogP) is 0.942. The summed E-state index contributed by atoms with van der Waals surface area (Å²) in [5.41, 5.74) is 5.66. The Morgan fingerprint density at radius 3 is 2.67 bits per heavy atom. The number of carbonyl (C=O) groups excluding carboxylic acids is 1. The second kappa shape index (κ2) is 6.18. The van der Waals surface area contributed by atoms with Gasteiger partial charge in [0, 0.05) is 13.1 Å². The van der Waals surface area contributed by atoms with Crippen molar-refractivity contribution in [3.8, 4) is 0 Å². The Balaban J connectivity index is 2.18. The largest absolute Gasteiger partial charge is 0.382 e. The number of amides is 1. The van der Waals surface area contributed by atoms with Crippen LogP contribution in [-0.2, 0) is 14.6 Å². The van der Waals surface area contributed by atoms with Crippen LogP contribution >= 0.6 is 11.5 Å². The van der Waals surface area contributed by atoms with E-state index in [0.29, 0.717) is 5.00 Å². The lowest BCUT2D eigenvalue weighted by molar-refractivity contribution is -0.130. The molecule has 0 bridgehead atoms. The van der Waals surface area contributed by atoms with E-state index in [2.05, 4.69) is 9.69 Å². The maximum absolute atomic E-state index is 12.3. The van der Waals surface area contributed by atoms with Gasteiger partial charge < -0.3 is 16.0 Å². The van der Waals surface area contributed by atoms with Gasteiger partial charge in [0.05, 0.1) is 5.75 Å². The number of rotatable bonds is 5. The van der Waals surface area contributed by atoms with E-state index < -0.39 is 15.9 Å². The molecule has 0 aromatic carbocycles. The third kappa shape index (κ3) is 3.29. The van der Waals surface area contributed by atoms with Gasteiger partial charge in [0.15, 0.2) is 15.7 Å². The highest BCUT2D eigenvalue weighted by Crippen LogP contribution is 2.32. The molecule has 0 spiro atoms. The van der Waals surface area contributed by atoms with Crippen LogP contribution in [0.2, 0.25) is 0 Å². The minimum atomic E-state index is -3.47. The monoisotopic (exact) mass is 332 g/mol. The minimum absolute atomic E-state index is 0.00910. The molecule has 1 unspecified atom stereocenters. The molecule has 2 rings (SSSR count). The van der Waals surface area contributed by atoms with E-state index in [9.17, 15) is 13.2 Å². The molecule has 118 valence electrons. The number of hydrogen-bond donors (Lipinski definition) is 2. The van der Waals surface area contributed by atoms with Gasteiger partial charge in [-0.2, -0.15) is 4.37 Å². The van der Waals surface area contributed by atoms with E-state index in [0.717, 1.165) is 37.5 Å². The fraction of sp³-hybridized carbons (Fsp3) is 0.667. The number of nitrogen functional groups attached to an aromatic ring is 1. The molecule has 9 heteroatoms. The molecule has 1 aromatic heterocycles. The lowest BCUT2D eigenvalue weighted by Crippen LogP contribution is -2.39. The number of sulfone groups is 1. The summed E-state index contributed by atoms with van der Waals surface area (Å²) in [7, 11) is -3.47. The summed E-state index contributed by atoms with van der Waals surface area (Å²) in [6.45, 7) is 4.79. The van der Waals surface area contributed by atoms with E-state index in [1.54, 1.807) is 18.7 Å². The van der Waals surface area contributed by atoms with Crippen LogP contribution in [0, 0.1) is 0 Å². The lowest BCUT2D eigenvalue weighted by Gasteiger charge is -2.21. The van der Waals surface area contributed by atoms with Crippen LogP contribution in [0.1, 0.15) is 26.7 Å². The molecule has 0 radical (unpaired) electrons. The number of nitrogens with one attached hydrogen (secondary N) is 1. The standard InChI is InChI=1S/C12H20N4O3S2/c1-3-21(18,19)9-10(13)15-20-11(9)14-8(2)12(17)16-6-4-5-7-16/h8,14H,3-7H2,1-2H3,(H2,13,15). The molecule has 1 saturated heterocycles. The zero-order valence-electron chi connectivity index (χ0n) is 12.1. The van der Waals surface area contributed by atoms with Crippen LogP contribution < -0.4 is 11.1 Å². The number of nitrogens with two attached hydrogens (primary N) is 1. The Morgan fingerprint density at radius 1 is 1.48 bits per heavy atom. The maximum Gasteiger partial charge on any atom is 0.244 e. The van der Waals surface area contributed by atoms with Crippen LogP contribution in [0.5, 0.6) is 0 Å². The molecule has 1 aromatic rings. The number of carbonyl (C=O) groups is 1. The molecule has 0 saturated carbocycles.